The number of ether oxygens (including phenoxy) is 4. The van der Waals surface area contributed by atoms with Gasteiger partial charge in [-0.05, 0) is 63.4 Å². The van der Waals surface area contributed by atoms with Crippen LogP contribution in [0, 0.1) is 5.92 Å². The molecule has 3 rings (SSSR count). The second-order valence-electron chi connectivity index (χ2n) is 18.3. The number of nitrogen functional groups attached to an aromatic ring is 1. The van der Waals surface area contributed by atoms with Gasteiger partial charge < -0.3 is 44.7 Å². The largest absolute Gasteiger partial charge is 0.481 e. The van der Waals surface area contributed by atoms with E-state index in [1.165, 1.54) is 70.3 Å². The molecule has 2 aliphatic heterocycles. The molecule has 1 aromatic rings. The second-order valence-corrected chi connectivity index (χ2v) is 21.3. The van der Waals surface area contributed by atoms with Crippen molar-refractivity contribution in [3.8, 4) is 0 Å². The number of hydrogen-bond donors (Lipinski definition) is 5. The van der Waals surface area contributed by atoms with Gasteiger partial charge in [0.05, 0.1) is 25.4 Å². The van der Waals surface area contributed by atoms with Gasteiger partial charge in [0.25, 0.3) is 0 Å². The number of unbranched alkanes of at least 4 members (excludes halogenated alkanes) is 13. The third-order valence-electron chi connectivity index (χ3n) is 12.2. The second kappa shape index (κ2) is 34.4. The summed E-state index contributed by atoms with van der Waals surface area (Å²) >= 11 is 0. The molecular formula is C49H83N3O16P2. The number of carbonyl (C=O) groups is 2. The van der Waals surface area contributed by atoms with Gasteiger partial charge in [-0.1, -0.05) is 141 Å². The van der Waals surface area contributed by atoms with E-state index in [1.807, 2.05) is 12.2 Å². The number of aliphatic hydroxyl groups is 2. The summed E-state index contributed by atoms with van der Waals surface area (Å²) < 4.78 is 62.5. The van der Waals surface area contributed by atoms with Gasteiger partial charge in [0.2, 0.25) is 0 Å². The number of aromatic nitrogens is 2. The van der Waals surface area contributed by atoms with Gasteiger partial charge in [-0.3, -0.25) is 23.2 Å². The Hall–Kier alpha value is -3.06. The number of nitrogens with zero attached hydrogens (tertiary/aromatic N) is 2. The van der Waals surface area contributed by atoms with Crippen molar-refractivity contribution in [2.45, 2.75) is 211 Å². The van der Waals surface area contributed by atoms with Gasteiger partial charge in [0.15, 0.2) is 12.3 Å². The van der Waals surface area contributed by atoms with Crippen LogP contribution in [0.15, 0.2) is 53.5 Å². The Labute approximate surface area is 414 Å². The molecule has 0 aromatic carbocycles. The summed E-state index contributed by atoms with van der Waals surface area (Å²) in [7, 11) is -10.9. The topological polar surface area (TPSA) is 278 Å². The zero-order chi connectivity index (χ0) is 51.2. The lowest BCUT2D eigenvalue weighted by molar-refractivity contribution is -0.161. The average Bonchev–Trinajstić information content (AvgIpc) is 4.01. The highest BCUT2D eigenvalue weighted by atomic mass is 31.3. The van der Waals surface area contributed by atoms with Gasteiger partial charge in [-0.25, -0.2) is 13.9 Å². The Morgan fingerprint density at radius 1 is 0.757 bits per heavy atom. The Balaban J connectivity index is 1.42. The van der Waals surface area contributed by atoms with Crippen LogP contribution in [0.1, 0.15) is 175 Å². The minimum Gasteiger partial charge on any atom is -0.462 e. The number of hydrogen-bond acceptors (Lipinski definition) is 16. The zero-order valence-corrected chi connectivity index (χ0v) is 43.5. The van der Waals surface area contributed by atoms with Crippen molar-refractivity contribution in [2.24, 2.45) is 5.92 Å². The molecule has 400 valence electrons. The van der Waals surface area contributed by atoms with E-state index >= 15 is 0 Å². The molecule has 0 spiro atoms. The molecule has 0 saturated carbocycles. The number of carbonyl (C=O) groups excluding carboxylic acids is 2. The summed E-state index contributed by atoms with van der Waals surface area (Å²) in [6.45, 7) is 4.38. The number of anilines is 1. The number of allylic oxidation sites excluding steroid dienone is 4. The molecule has 6 N–H and O–H groups in total. The van der Waals surface area contributed by atoms with Crippen molar-refractivity contribution in [1.82, 2.24) is 9.55 Å². The quantitative estimate of drug-likeness (QED) is 0.0135. The number of nitrogens with two attached hydrogens (primary N) is 1. The average molecular weight is 1030 g/mol. The van der Waals surface area contributed by atoms with Crippen molar-refractivity contribution in [3.63, 3.8) is 0 Å². The molecule has 0 radical (unpaired) electrons. The SMILES string of the molecule is CCCCC/C=C\CC1OC1C/C=C\C/C=C\CCCC(=O)O[C@H](COC(=O)CCCCCCCCCCCCC(C)CC)COP(=O)(O)OP(=O)(O)OC[C@H]1O[C@@H](n2ccc(N)nc2=O)[C@H](O)[C@@H]1O. The van der Waals surface area contributed by atoms with E-state index in [-0.39, 0.29) is 24.8 Å². The van der Waals surface area contributed by atoms with E-state index in [9.17, 15) is 43.5 Å². The Morgan fingerprint density at radius 3 is 2.03 bits per heavy atom. The fourth-order valence-electron chi connectivity index (χ4n) is 7.68. The number of esters is 2. The summed E-state index contributed by atoms with van der Waals surface area (Å²) in [5, 5.41) is 20.9. The normalized spacial score (nSPS) is 22.9. The lowest BCUT2D eigenvalue weighted by Gasteiger charge is -2.21. The minimum atomic E-state index is -5.44. The van der Waals surface area contributed by atoms with Crippen LogP contribution < -0.4 is 11.4 Å². The van der Waals surface area contributed by atoms with Crippen LogP contribution in [-0.2, 0) is 51.0 Å². The van der Waals surface area contributed by atoms with Crippen LogP contribution in [0.4, 0.5) is 5.82 Å². The van der Waals surface area contributed by atoms with E-state index in [0.29, 0.717) is 25.4 Å². The van der Waals surface area contributed by atoms with Crippen LogP contribution in [0.5, 0.6) is 0 Å². The summed E-state index contributed by atoms with van der Waals surface area (Å²) in [5.41, 5.74) is 4.58. The Kier molecular flexibility index (Phi) is 30.1. The van der Waals surface area contributed by atoms with E-state index in [4.69, 9.17) is 33.7 Å². The van der Waals surface area contributed by atoms with E-state index in [1.54, 1.807) is 0 Å². The molecule has 70 heavy (non-hydrogen) atoms. The van der Waals surface area contributed by atoms with Gasteiger partial charge in [-0.2, -0.15) is 9.29 Å². The summed E-state index contributed by atoms with van der Waals surface area (Å²) in [6, 6.07) is 1.24. The number of epoxide rings is 1. The number of rotatable bonds is 40. The Bertz CT molecular complexity index is 1900. The molecule has 19 nitrogen and oxygen atoms in total. The van der Waals surface area contributed by atoms with Crippen molar-refractivity contribution in [2.75, 3.05) is 25.6 Å². The van der Waals surface area contributed by atoms with E-state index in [0.717, 1.165) is 68.0 Å². The highest BCUT2D eigenvalue weighted by Crippen LogP contribution is 2.60. The summed E-state index contributed by atoms with van der Waals surface area (Å²) in [4.78, 5) is 61.9. The fourth-order valence-corrected chi connectivity index (χ4v) is 9.79. The predicted octanol–water partition coefficient (Wildman–Crippen LogP) is 9.23. The van der Waals surface area contributed by atoms with Crippen LogP contribution in [0.2, 0.25) is 0 Å². The first-order chi connectivity index (χ1) is 33.5. The van der Waals surface area contributed by atoms with Crippen molar-refractivity contribution in [3.05, 3.63) is 59.2 Å². The maximum Gasteiger partial charge on any atom is 0.481 e. The third kappa shape index (κ3) is 26.6. The van der Waals surface area contributed by atoms with Crippen LogP contribution in [0.25, 0.3) is 0 Å². The third-order valence-corrected chi connectivity index (χ3v) is 14.8. The maximum absolute atomic E-state index is 12.9. The Morgan fingerprint density at radius 2 is 1.36 bits per heavy atom. The van der Waals surface area contributed by atoms with Crippen LogP contribution in [0.3, 0.4) is 0 Å². The van der Waals surface area contributed by atoms with E-state index < -0.39 is 83.7 Å². The molecule has 10 atom stereocenters. The smallest absolute Gasteiger partial charge is 0.462 e. The highest BCUT2D eigenvalue weighted by Gasteiger charge is 2.46. The van der Waals surface area contributed by atoms with Crippen molar-refractivity contribution < 1.29 is 71.0 Å². The van der Waals surface area contributed by atoms with Crippen molar-refractivity contribution >= 4 is 33.4 Å². The van der Waals surface area contributed by atoms with Gasteiger partial charge >= 0.3 is 33.3 Å². The molecule has 1 aromatic heterocycles. The minimum absolute atomic E-state index is 0.0304. The molecule has 2 aliphatic rings. The summed E-state index contributed by atoms with van der Waals surface area (Å²) in [6.07, 6.45) is 28.4. The molecule has 2 fully saturated rings. The predicted molar refractivity (Wildman–Crippen MR) is 265 cm³/mol. The first kappa shape index (κ1) is 61.2. The lowest BCUT2D eigenvalue weighted by atomic mass is 9.99. The molecule has 0 aliphatic carbocycles. The van der Waals surface area contributed by atoms with Gasteiger partial charge in [-0.15, -0.1) is 0 Å². The van der Waals surface area contributed by atoms with Gasteiger partial charge in [0.1, 0.15) is 30.7 Å². The standard InChI is InChI=1S/C49H83N3O16P2/c1-4-6-7-8-19-24-29-40-41(66-40)30-25-20-15-13-17-22-27-32-45(54)65-39(35-62-44(53)31-26-21-16-12-10-9-11-14-18-23-28-38(3)5-2)36-63-69(58,59)68-70(60,61)64-37-42-46(55)47(56)48(67-42)52-34-33-43(50)51-49(52)57/h13,17,19-20,24-25,33-34,38-42,46-48,55-56H,4-12,14-16,18,21-23,26-32,35-37H2,1-3H3,(H,58,59)(H,60,61)(H2,50,51,57)/b17-13-,24-19-,25-20-/t38?,39-,40?,41?,42-,46-,47-,48-/m1/s1. The number of aliphatic hydroxyl groups excluding tert-OH is 2. The zero-order valence-electron chi connectivity index (χ0n) is 41.7. The number of phosphoric ester groups is 2. The lowest BCUT2D eigenvalue weighted by Crippen LogP contribution is -2.36. The highest BCUT2D eigenvalue weighted by molar-refractivity contribution is 7.61. The molecular weight excluding hydrogens is 948 g/mol. The molecule has 0 amide bonds. The molecule has 2 saturated heterocycles. The molecule has 0 bridgehead atoms. The van der Waals surface area contributed by atoms with Crippen LogP contribution in [-0.4, -0.2) is 97.9 Å². The first-order valence-electron chi connectivity index (χ1n) is 25.5. The van der Waals surface area contributed by atoms with E-state index in [2.05, 4.69) is 54.4 Å². The van der Waals surface area contributed by atoms with Crippen molar-refractivity contribution in [1.29, 1.82) is 0 Å². The monoisotopic (exact) mass is 1030 g/mol. The van der Waals surface area contributed by atoms with Gasteiger partial charge in [0, 0.05) is 19.0 Å². The molecule has 3 heterocycles. The van der Waals surface area contributed by atoms with Crippen LogP contribution >= 0.6 is 15.6 Å². The fraction of sp³-hybridized carbons (Fsp3) is 0.755. The molecule has 5 unspecified atom stereocenters. The number of phosphoric acid groups is 2. The first-order valence-corrected chi connectivity index (χ1v) is 28.5. The summed E-state index contributed by atoms with van der Waals surface area (Å²) in [5.74, 6) is -0.567. The maximum atomic E-state index is 12.9. The molecule has 21 heteroatoms.